The predicted molar refractivity (Wildman–Crippen MR) is 157 cm³/mol. The lowest BCUT2D eigenvalue weighted by Crippen LogP contribution is -2.51. The molecule has 0 aliphatic carbocycles. The highest BCUT2D eigenvalue weighted by molar-refractivity contribution is 5.80. The summed E-state index contributed by atoms with van der Waals surface area (Å²) in [4.78, 5) is 26.7. The molecule has 0 saturated carbocycles. The lowest BCUT2D eigenvalue weighted by molar-refractivity contribution is -0.128. The van der Waals surface area contributed by atoms with Gasteiger partial charge in [0, 0.05) is 31.3 Å². The number of nitrogens with zero attached hydrogens (tertiary/aromatic N) is 1. The van der Waals surface area contributed by atoms with E-state index in [0.717, 1.165) is 22.3 Å². The van der Waals surface area contributed by atoms with Gasteiger partial charge in [0.2, 0.25) is 0 Å². The monoisotopic (exact) mass is 579 g/mol. The van der Waals surface area contributed by atoms with Crippen molar-refractivity contribution in [3.8, 4) is 0 Å². The summed E-state index contributed by atoms with van der Waals surface area (Å²) < 4.78 is 38.8. The molecule has 7 nitrogen and oxygen atoms in total. The maximum Gasteiger partial charge on any atom is 0.407 e. The van der Waals surface area contributed by atoms with Gasteiger partial charge >= 0.3 is 6.09 Å². The molecule has 0 spiro atoms. The van der Waals surface area contributed by atoms with Crippen molar-refractivity contribution in [2.45, 2.75) is 70.3 Å². The maximum atomic E-state index is 14.2. The number of halogens is 2. The molecule has 0 saturated heterocycles. The van der Waals surface area contributed by atoms with Crippen LogP contribution in [0.2, 0.25) is 0 Å². The van der Waals surface area contributed by atoms with E-state index < -0.39 is 23.6 Å². The lowest BCUT2D eigenvalue weighted by Gasteiger charge is -2.42. The fraction of sp³-hybridized carbons (Fsp3) is 0.394. The van der Waals surface area contributed by atoms with Crippen LogP contribution in [0.15, 0.2) is 66.7 Å². The molecule has 224 valence electrons. The quantitative estimate of drug-likeness (QED) is 0.343. The standard InChI is InChI=1S/C33H39F2N3O4/c1-33(2,3)37-32(40)42-20-29(16-21-5-9-23(10-6-21)30(41-4)31(36)39)38-19-24-11-14-27(35)17-25(24)18-28(38)15-22-7-12-26(34)13-8-22/h5-14,17,28-30H,15-16,18-20H2,1-4H3,(H2,36,39)(H,37,40). The zero-order valence-electron chi connectivity index (χ0n) is 24.5. The third kappa shape index (κ3) is 8.36. The summed E-state index contributed by atoms with van der Waals surface area (Å²) in [7, 11) is 1.43. The number of nitrogens with one attached hydrogen (secondary N) is 1. The van der Waals surface area contributed by atoms with Crippen molar-refractivity contribution in [2.24, 2.45) is 5.73 Å². The Kier molecular flexibility index (Phi) is 9.96. The van der Waals surface area contributed by atoms with Crippen molar-refractivity contribution in [2.75, 3.05) is 13.7 Å². The van der Waals surface area contributed by atoms with Gasteiger partial charge in [0.25, 0.3) is 5.91 Å². The van der Waals surface area contributed by atoms with Crippen LogP contribution in [0.5, 0.6) is 0 Å². The second-order valence-electron chi connectivity index (χ2n) is 11.9. The lowest BCUT2D eigenvalue weighted by atomic mass is 9.88. The van der Waals surface area contributed by atoms with E-state index in [9.17, 15) is 18.4 Å². The minimum Gasteiger partial charge on any atom is -0.448 e. The minimum atomic E-state index is -0.849. The molecule has 3 unspecified atom stereocenters. The highest BCUT2D eigenvalue weighted by Gasteiger charge is 2.33. The third-order valence-electron chi connectivity index (χ3n) is 7.43. The summed E-state index contributed by atoms with van der Waals surface area (Å²) in [6.45, 7) is 6.29. The second kappa shape index (κ2) is 13.4. The second-order valence-corrected chi connectivity index (χ2v) is 11.9. The van der Waals surface area contributed by atoms with Crippen molar-refractivity contribution < 1.29 is 27.8 Å². The molecule has 1 heterocycles. The number of carbonyl (C=O) groups excluding carboxylic acids is 2. The number of fused-ring (bicyclic) bond motifs is 1. The number of rotatable bonds is 10. The molecule has 1 aliphatic heterocycles. The van der Waals surface area contributed by atoms with Gasteiger partial charge in [-0.1, -0.05) is 42.5 Å². The molecule has 3 atom stereocenters. The highest BCUT2D eigenvalue weighted by Crippen LogP contribution is 2.30. The topological polar surface area (TPSA) is 93.9 Å². The molecule has 42 heavy (non-hydrogen) atoms. The van der Waals surface area contributed by atoms with E-state index in [4.69, 9.17) is 15.2 Å². The van der Waals surface area contributed by atoms with Gasteiger partial charge in [-0.15, -0.1) is 0 Å². The number of nitrogens with two attached hydrogens (primary N) is 1. The molecule has 0 bridgehead atoms. The van der Waals surface area contributed by atoms with Gasteiger partial charge in [0.1, 0.15) is 18.2 Å². The number of methoxy groups -OCH3 is 1. The number of amides is 2. The van der Waals surface area contributed by atoms with Crippen LogP contribution in [0.4, 0.5) is 13.6 Å². The Labute approximate surface area is 246 Å². The van der Waals surface area contributed by atoms with Crippen LogP contribution in [0.3, 0.4) is 0 Å². The average molecular weight is 580 g/mol. The molecule has 0 radical (unpaired) electrons. The van der Waals surface area contributed by atoms with Gasteiger partial charge in [-0.05, 0) is 92.1 Å². The molecule has 0 fully saturated rings. The van der Waals surface area contributed by atoms with Crippen molar-refractivity contribution in [1.82, 2.24) is 10.2 Å². The molecule has 2 amide bonds. The Morgan fingerprint density at radius 1 is 0.976 bits per heavy atom. The van der Waals surface area contributed by atoms with Crippen LogP contribution >= 0.6 is 0 Å². The van der Waals surface area contributed by atoms with Gasteiger partial charge in [0.15, 0.2) is 6.10 Å². The molecule has 4 rings (SSSR count). The summed E-state index contributed by atoms with van der Waals surface area (Å²) in [5.41, 5.74) is 9.53. The number of primary amides is 1. The Hall–Kier alpha value is -3.82. The van der Waals surface area contributed by atoms with Gasteiger partial charge in [-0.25, -0.2) is 13.6 Å². The average Bonchev–Trinajstić information content (AvgIpc) is 2.92. The SMILES string of the molecule is COC(C(N)=O)c1ccc(CC(COC(=O)NC(C)(C)C)N2Cc3ccc(F)cc3CC2Cc2ccc(F)cc2)cc1. The first kappa shape index (κ1) is 31.1. The Morgan fingerprint density at radius 3 is 2.24 bits per heavy atom. The molecule has 3 aromatic carbocycles. The van der Waals surface area contributed by atoms with Gasteiger partial charge < -0.3 is 20.5 Å². The largest absolute Gasteiger partial charge is 0.448 e. The fourth-order valence-corrected chi connectivity index (χ4v) is 5.45. The first-order chi connectivity index (χ1) is 19.9. The molecular weight excluding hydrogens is 540 g/mol. The zero-order valence-corrected chi connectivity index (χ0v) is 24.5. The van der Waals surface area contributed by atoms with Gasteiger partial charge in [-0.2, -0.15) is 0 Å². The van der Waals surface area contributed by atoms with E-state index in [1.165, 1.54) is 25.3 Å². The van der Waals surface area contributed by atoms with E-state index in [1.54, 1.807) is 24.3 Å². The van der Waals surface area contributed by atoms with E-state index in [1.807, 2.05) is 45.0 Å². The Bertz CT molecular complexity index is 1370. The Morgan fingerprint density at radius 2 is 1.62 bits per heavy atom. The number of alkyl carbamates (subject to hydrolysis) is 1. The van der Waals surface area contributed by atoms with Gasteiger partial charge in [-0.3, -0.25) is 9.69 Å². The summed E-state index contributed by atoms with van der Waals surface area (Å²) in [5.74, 6) is -1.17. The van der Waals surface area contributed by atoms with Crippen LogP contribution in [0, 0.1) is 11.6 Å². The first-order valence-corrected chi connectivity index (χ1v) is 14.0. The number of hydrogen-bond acceptors (Lipinski definition) is 5. The van der Waals surface area contributed by atoms with E-state index >= 15 is 0 Å². The summed E-state index contributed by atoms with van der Waals surface area (Å²) in [6.07, 6.45) is 0.365. The predicted octanol–water partition coefficient (Wildman–Crippen LogP) is 5.24. The van der Waals surface area contributed by atoms with E-state index in [0.29, 0.717) is 31.4 Å². The smallest absolute Gasteiger partial charge is 0.407 e. The van der Waals surface area contributed by atoms with Crippen molar-refractivity contribution in [3.05, 3.63) is 106 Å². The molecular formula is C33H39F2N3O4. The first-order valence-electron chi connectivity index (χ1n) is 14.0. The molecule has 9 heteroatoms. The van der Waals surface area contributed by atoms with E-state index in [-0.39, 0.29) is 30.3 Å². The number of ether oxygens (including phenoxy) is 2. The fourth-order valence-electron chi connectivity index (χ4n) is 5.45. The van der Waals surface area contributed by atoms with Crippen LogP contribution in [-0.2, 0) is 40.1 Å². The van der Waals surface area contributed by atoms with Crippen LogP contribution in [0.1, 0.15) is 54.7 Å². The summed E-state index contributed by atoms with van der Waals surface area (Å²) in [6, 6.07) is 18.4. The number of hydrogen-bond donors (Lipinski definition) is 2. The molecule has 0 aromatic heterocycles. The van der Waals surface area contributed by atoms with Crippen molar-refractivity contribution in [3.63, 3.8) is 0 Å². The minimum absolute atomic E-state index is 0.0592. The number of benzene rings is 3. The molecule has 3 aromatic rings. The summed E-state index contributed by atoms with van der Waals surface area (Å²) in [5, 5.41) is 2.84. The van der Waals surface area contributed by atoms with E-state index in [2.05, 4.69) is 10.2 Å². The molecule has 3 N–H and O–H groups in total. The van der Waals surface area contributed by atoms with Crippen LogP contribution in [-0.4, -0.2) is 48.2 Å². The van der Waals surface area contributed by atoms with Crippen molar-refractivity contribution in [1.29, 1.82) is 0 Å². The normalized spacial score (nSPS) is 16.8. The molecule has 1 aliphatic rings. The van der Waals surface area contributed by atoms with Crippen LogP contribution < -0.4 is 11.1 Å². The van der Waals surface area contributed by atoms with Crippen molar-refractivity contribution >= 4 is 12.0 Å². The number of carbonyl (C=O) groups is 2. The van der Waals surface area contributed by atoms with Gasteiger partial charge in [0.05, 0.1) is 0 Å². The zero-order chi connectivity index (χ0) is 30.4. The third-order valence-corrected chi connectivity index (χ3v) is 7.43. The maximum absolute atomic E-state index is 14.2. The summed E-state index contributed by atoms with van der Waals surface area (Å²) >= 11 is 0. The Balaban J connectivity index is 1.65. The highest BCUT2D eigenvalue weighted by atomic mass is 19.1. The van der Waals surface area contributed by atoms with Crippen LogP contribution in [0.25, 0.3) is 0 Å².